The highest BCUT2D eigenvalue weighted by atomic mass is 35.5. The monoisotopic (exact) mass is 454 g/mol. The van der Waals surface area contributed by atoms with E-state index in [1.807, 2.05) is 50.2 Å². The third kappa shape index (κ3) is 6.66. The molecular formula is C21H27ClN2O3S2. The van der Waals surface area contributed by atoms with E-state index in [4.69, 9.17) is 11.6 Å². The minimum absolute atomic E-state index is 0.324. The molecule has 5 nitrogen and oxygen atoms in total. The van der Waals surface area contributed by atoms with Crippen molar-refractivity contribution in [2.75, 3.05) is 22.9 Å². The first-order chi connectivity index (χ1) is 13.6. The Kier molecular flexibility index (Phi) is 8.43. The lowest BCUT2D eigenvalue weighted by Gasteiger charge is -2.29. The molecule has 0 bridgehead atoms. The molecule has 0 unspecified atom stereocenters. The number of halogens is 1. The van der Waals surface area contributed by atoms with E-state index in [-0.39, 0.29) is 5.91 Å². The lowest BCUT2D eigenvalue weighted by molar-refractivity contribution is -0.121. The van der Waals surface area contributed by atoms with Gasteiger partial charge in [0.25, 0.3) is 0 Å². The molecular weight excluding hydrogens is 428 g/mol. The predicted molar refractivity (Wildman–Crippen MR) is 123 cm³/mol. The Balaban J connectivity index is 1.97. The first-order valence-electron chi connectivity index (χ1n) is 9.26. The summed E-state index contributed by atoms with van der Waals surface area (Å²) in [5.74, 6) is 1.13. The standard InChI is InChI=1S/C21H27ClN2O3S2/c1-15-9-10-16(2)20(13-15)24(29(4,26)27)17(3)21(25)23-11-12-28-14-18-7-5-6-8-19(18)22/h5-10,13,17H,11-12,14H2,1-4H3,(H,23,25)/t17-/m1/s1. The molecule has 1 amide bonds. The van der Waals surface area contributed by atoms with Crippen molar-refractivity contribution >= 4 is 45.0 Å². The van der Waals surface area contributed by atoms with Gasteiger partial charge in [-0.25, -0.2) is 8.42 Å². The topological polar surface area (TPSA) is 66.5 Å². The lowest BCUT2D eigenvalue weighted by atomic mass is 10.1. The fraction of sp³-hybridized carbons (Fsp3) is 0.381. The van der Waals surface area contributed by atoms with Gasteiger partial charge >= 0.3 is 0 Å². The van der Waals surface area contributed by atoms with Crippen LogP contribution in [-0.2, 0) is 20.6 Å². The normalized spacial score (nSPS) is 12.4. The molecule has 29 heavy (non-hydrogen) atoms. The summed E-state index contributed by atoms with van der Waals surface area (Å²) in [6, 6.07) is 12.4. The second-order valence-electron chi connectivity index (χ2n) is 6.96. The van der Waals surface area contributed by atoms with E-state index in [0.29, 0.717) is 18.0 Å². The molecule has 1 atom stereocenters. The van der Waals surface area contributed by atoms with Gasteiger partial charge in [-0.15, -0.1) is 0 Å². The summed E-state index contributed by atoms with van der Waals surface area (Å²) in [5, 5.41) is 3.57. The minimum atomic E-state index is -3.62. The van der Waals surface area contributed by atoms with Crippen LogP contribution in [0, 0.1) is 13.8 Å². The maximum Gasteiger partial charge on any atom is 0.243 e. The first-order valence-corrected chi connectivity index (χ1v) is 12.6. The maximum absolute atomic E-state index is 12.6. The molecule has 0 aromatic heterocycles. The maximum atomic E-state index is 12.6. The van der Waals surface area contributed by atoms with Gasteiger partial charge in [0.05, 0.1) is 11.9 Å². The first kappa shape index (κ1) is 23.6. The number of hydrogen-bond donors (Lipinski definition) is 1. The van der Waals surface area contributed by atoms with Crippen LogP contribution in [0.5, 0.6) is 0 Å². The number of carbonyl (C=O) groups excluding carboxylic acids is 1. The summed E-state index contributed by atoms with van der Waals surface area (Å²) in [7, 11) is -3.62. The zero-order valence-corrected chi connectivity index (χ0v) is 19.5. The molecule has 2 aromatic carbocycles. The second-order valence-corrected chi connectivity index (χ2v) is 10.3. The van der Waals surface area contributed by atoms with Gasteiger partial charge in [-0.05, 0) is 49.6 Å². The van der Waals surface area contributed by atoms with Gasteiger partial charge in [0.1, 0.15) is 6.04 Å². The van der Waals surface area contributed by atoms with Gasteiger partial charge in [0.2, 0.25) is 15.9 Å². The number of rotatable bonds is 9. The van der Waals surface area contributed by atoms with Crippen molar-refractivity contribution in [1.29, 1.82) is 0 Å². The number of nitrogens with zero attached hydrogens (tertiary/aromatic N) is 1. The smallest absolute Gasteiger partial charge is 0.243 e. The number of hydrogen-bond acceptors (Lipinski definition) is 4. The van der Waals surface area contributed by atoms with Crippen molar-refractivity contribution in [2.45, 2.75) is 32.6 Å². The van der Waals surface area contributed by atoms with Crippen molar-refractivity contribution in [3.05, 3.63) is 64.2 Å². The summed E-state index contributed by atoms with van der Waals surface area (Å²) in [6.45, 7) is 5.78. The van der Waals surface area contributed by atoms with Crippen LogP contribution in [-0.4, -0.2) is 38.9 Å². The molecule has 0 aliphatic carbocycles. The van der Waals surface area contributed by atoms with Crippen LogP contribution in [0.3, 0.4) is 0 Å². The number of amides is 1. The number of benzene rings is 2. The molecule has 0 aliphatic heterocycles. The molecule has 2 aromatic rings. The molecule has 8 heteroatoms. The Hall–Kier alpha value is -1.70. The van der Waals surface area contributed by atoms with E-state index >= 15 is 0 Å². The average molecular weight is 455 g/mol. The average Bonchev–Trinajstić information content (AvgIpc) is 2.64. The van der Waals surface area contributed by atoms with E-state index in [0.717, 1.165) is 33.7 Å². The molecule has 1 N–H and O–H groups in total. The van der Waals surface area contributed by atoms with Crippen molar-refractivity contribution < 1.29 is 13.2 Å². The summed E-state index contributed by atoms with van der Waals surface area (Å²) in [4.78, 5) is 12.6. The molecule has 0 saturated carbocycles. The highest BCUT2D eigenvalue weighted by Crippen LogP contribution is 2.26. The second kappa shape index (κ2) is 10.4. The van der Waals surface area contributed by atoms with Crippen LogP contribution in [0.2, 0.25) is 5.02 Å². The van der Waals surface area contributed by atoms with E-state index in [2.05, 4.69) is 5.32 Å². The van der Waals surface area contributed by atoms with E-state index in [1.54, 1.807) is 24.8 Å². The van der Waals surface area contributed by atoms with Crippen LogP contribution in [0.4, 0.5) is 5.69 Å². The zero-order valence-electron chi connectivity index (χ0n) is 17.1. The van der Waals surface area contributed by atoms with Crippen molar-refractivity contribution in [3.63, 3.8) is 0 Å². The Labute approximate surface area is 182 Å². The summed E-state index contributed by atoms with van der Waals surface area (Å²) >= 11 is 7.80. The molecule has 0 aliphatic rings. The molecule has 158 valence electrons. The molecule has 0 radical (unpaired) electrons. The van der Waals surface area contributed by atoms with Crippen LogP contribution in [0.15, 0.2) is 42.5 Å². The van der Waals surface area contributed by atoms with Crippen molar-refractivity contribution in [2.24, 2.45) is 0 Å². The van der Waals surface area contributed by atoms with Crippen molar-refractivity contribution in [1.82, 2.24) is 5.32 Å². The van der Waals surface area contributed by atoms with Crippen LogP contribution < -0.4 is 9.62 Å². The van der Waals surface area contributed by atoms with E-state index in [9.17, 15) is 13.2 Å². The van der Waals surface area contributed by atoms with Gasteiger partial charge in [-0.3, -0.25) is 9.10 Å². The highest BCUT2D eigenvalue weighted by molar-refractivity contribution is 7.98. The Bertz CT molecular complexity index is 964. The van der Waals surface area contributed by atoms with Gasteiger partial charge in [-0.1, -0.05) is 41.9 Å². The number of carbonyl (C=O) groups is 1. The number of sulfonamides is 1. The van der Waals surface area contributed by atoms with Crippen molar-refractivity contribution in [3.8, 4) is 0 Å². The Morgan fingerprint density at radius 3 is 2.55 bits per heavy atom. The minimum Gasteiger partial charge on any atom is -0.353 e. The molecule has 0 saturated heterocycles. The Morgan fingerprint density at radius 2 is 1.90 bits per heavy atom. The number of aryl methyl sites for hydroxylation is 2. The number of thioether (sulfide) groups is 1. The lowest BCUT2D eigenvalue weighted by Crippen LogP contribution is -2.48. The van der Waals surface area contributed by atoms with E-state index in [1.165, 1.54) is 4.31 Å². The molecule has 0 spiro atoms. The Morgan fingerprint density at radius 1 is 1.21 bits per heavy atom. The van der Waals surface area contributed by atoms with Crippen LogP contribution in [0.1, 0.15) is 23.6 Å². The van der Waals surface area contributed by atoms with Gasteiger partial charge in [0, 0.05) is 23.1 Å². The number of nitrogens with one attached hydrogen (secondary N) is 1. The fourth-order valence-electron chi connectivity index (χ4n) is 2.93. The quantitative estimate of drug-likeness (QED) is 0.577. The summed E-state index contributed by atoms with van der Waals surface area (Å²) in [6.07, 6.45) is 1.12. The summed E-state index contributed by atoms with van der Waals surface area (Å²) < 4.78 is 26.1. The third-order valence-corrected chi connectivity index (χ3v) is 7.06. The summed E-state index contributed by atoms with van der Waals surface area (Å²) in [5.41, 5.74) is 3.32. The highest BCUT2D eigenvalue weighted by Gasteiger charge is 2.30. The van der Waals surface area contributed by atoms with Gasteiger partial charge in [-0.2, -0.15) is 11.8 Å². The fourth-order valence-corrected chi connectivity index (χ4v) is 5.30. The van der Waals surface area contributed by atoms with Gasteiger partial charge < -0.3 is 5.32 Å². The SMILES string of the molecule is Cc1ccc(C)c(N([C@H](C)C(=O)NCCSCc2ccccc2Cl)S(C)(=O)=O)c1. The predicted octanol–water partition coefficient (Wildman–Crippen LogP) is 4.16. The molecule has 0 heterocycles. The van der Waals surface area contributed by atoms with Crippen LogP contribution in [0.25, 0.3) is 0 Å². The zero-order chi connectivity index (χ0) is 21.6. The molecule has 0 fully saturated rings. The third-order valence-electron chi connectivity index (χ3n) is 4.45. The van der Waals surface area contributed by atoms with Gasteiger partial charge in [0.15, 0.2) is 0 Å². The number of anilines is 1. The molecule has 2 rings (SSSR count). The van der Waals surface area contributed by atoms with Crippen LogP contribution >= 0.6 is 23.4 Å². The van der Waals surface area contributed by atoms with E-state index < -0.39 is 16.1 Å². The largest absolute Gasteiger partial charge is 0.353 e.